The molecule has 0 unspecified atom stereocenters. The molecule has 1 aliphatic heterocycles. The van der Waals surface area contributed by atoms with Gasteiger partial charge in [-0.3, -0.25) is 4.79 Å². The fraction of sp³-hybridized carbons (Fsp3) is 0.308. The van der Waals surface area contributed by atoms with Gasteiger partial charge >= 0.3 is 0 Å². The topological polar surface area (TPSA) is 22.0 Å². The average molecular weight is 278 g/mol. The summed E-state index contributed by atoms with van der Waals surface area (Å²) in [6, 6.07) is 8.16. The molecule has 3 rings (SSSR count). The number of carbonyl (C=O) groups is 1. The molecule has 2 aromatic rings. The first-order valence-electron chi connectivity index (χ1n) is 5.48. The summed E-state index contributed by atoms with van der Waals surface area (Å²) >= 11 is 3.56. The van der Waals surface area contributed by atoms with Crippen molar-refractivity contribution < 1.29 is 4.79 Å². The van der Waals surface area contributed by atoms with Crippen LogP contribution in [0.3, 0.4) is 0 Å². The van der Waals surface area contributed by atoms with Gasteiger partial charge in [-0.15, -0.1) is 0 Å². The Bertz CT molecular complexity index is 585. The molecule has 1 aromatic heterocycles. The zero-order chi connectivity index (χ0) is 11.3. The van der Waals surface area contributed by atoms with Gasteiger partial charge in [0.2, 0.25) is 0 Å². The molecule has 0 N–H and O–H groups in total. The highest BCUT2D eigenvalue weighted by Crippen LogP contribution is 2.35. The van der Waals surface area contributed by atoms with Crippen LogP contribution in [-0.2, 0) is 6.54 Å². The Morgan fingerprint density at radius 1 is 1.38 bits per heavy atom. The van der Waals surface area contributed by atoms with Crippen molar-refractivity contribution in [1.29, 1.82) is 0 Å². The standard InChI is InChI=1S/C13H12BrNO/c1-8-6-11(16)13-12(14)9-4-2-3-5-10(9)15(13)7-8/h2-5,8H,6-7H2,1H3/t8-/m0/s1. The molecule has 0 spiro atoms. The number of hydrogen-bond donors (Lipinski definition) is 0. The van der Waals surface area contributed by atoms with Gasteiger partial charge in [0.15, 0.2) is 5.78 Å². The van der Waals surface area contributed by atoms with Crippen molar-refractivity contribution in [2.75, 3.05) is 0 Å². The van der Waals surface area contributed by atoms with Crippen molar-refractivity contribution in [1.82, 2.24) is 4.57 Å². The molecule has 2 nitrogen and oxygen atoms in total. The predicted molar refractivity (Wildman–Crippen MR) is 67.7 cm³/mol. The molecule has 1 aromatic carbocycles. The second kappa shape index (κ2) is 3.45. The molecule has 3 heteroatoms. The number of nitrogens with zero attached hydrogens (tertiary/aromatic N) is 1. The first kappa shape index (κ1) is 10.1. The monoisotopic (exact) mass is 277 g/mol. The SMILES string of the molecule is C[C@H]1CC(=O)c2c(Br)c3ccccc3n2C1. The Kier molecular flexibility index (Phi) is 2.18. The highest BCUT2D eigenvalue weighted by atomic mass is 79.9. The lowest BCUT2D eigenvalue weighted by molar-refractivity contribution is 0.0929. The lowest BCUT2D eigenvalue weighted by Gasteiger charge is -2.21. The number of aromatic nitrogens is 1. The lowest BCUT2D eigenvalue weighted by Crippen LogP contribution is -2.23. The third-order valence-electron chi connectivity index (χ3n) is 3.20. The largest absolute Gasteiger partial charge is 0.337 e. The van der Waals surface area contributed by atoms with E-state index in [2.05, 4.69) is 39.6 Å². The zero-order valence-corrected chi connectivity index (χ0v) is 10.6. The van der Waals surface area contributed by atoms with Gasteiger partial charge in [0.25, 0.3) is 0 Å². The predicted octanol–water partition coefficient (Wildman–Crippen LogP) is 3.63. The number of benzene rings is 1. The number of rotatable bonds is 0. The van der Waals surface area contributed by atoms with E-state index in [-0.39, 0.29) is 5.78 Å². The minimum atomic E-state index is 0.252. The molecule has 0 radical (unpaired) electrons. The van der Waals surface area contributed by atoms with Crippen molar-refractivity contribution in [2.24, 2.45) is 5.92 Å². The maximum atomic E-state index is 12.0. The van der Waals surface area contributed by atoms with Crippen LogP contribution < -0.4 is 0 Å². The fourth-order valence-corrected chi connectivity index (χ4v) is 3.28. The third-order valence-corrected chi connectivity index (χ3v) is 4.00. The molecule has 1 atom stereocenters. The van der Waals surface area contributed by atoms with Crippen LogP contribution in [0.5, 0.6) is 0 Å². The molecule has 82 valence electrons. The minimum Gasteiger partial charge on any atom is -0.337 e. The van der Waals surface area contributed by atoms with E-state index < -0.39 is 0 Å². The van der Waals surface area contributed by atoms with Crippen LogP contribution in [-0.4, -0.2) is 10.4 Å². The molecule has 0 amide bonds. The summed E-state index contributed by atoms with van der Waals surface area (Å²) in [5.74, 6) is 0.685. The Balaban J connectivity index is 2.39. The molecule has 2 heterocycles. The maximum absolute atomic E-state index is 12.0. The molecule has 0 bridgehead atoms. The highest BCUT2D eigenvalue weighted by Gasteiger charge is 2.27. The maximum Gasteiger partial charge on any atom is 0.180 e. The van der Waals surface area contributed by atoms with Crippen LogP contribution in [0.15, 0.2) is 28.7 Å². The summed E-state index contributed by atoms with van der Waals surface area (Å²) in [4.78, 5) is 12.0. The quantitative estimate of drug-likeness (QED) is 0.721. The second-order valence-corrected chi connectivity index (χ2v) is 5.32. The summed E-state index contributed by atoms with van der Waals surface area (Å²) in [6.45, 7) is 3.07. The molecule has 0 saturated carbocycles. The molecule has 0 fully saturated rings. The van der Waals surface area contributed by atoms with E-state index in [1.165, 1.54) is 0 Å². The van der Waals surface area contributed by atoms with Gasteiger partial charge in [0.1, 0.15) is 0 Å². The summed E-state index contributed by atoms with van der Waals surface area (Å²) in [5.41, 5.74) is 2.00. The van der Waals surface area contributed by atoms with Crippen LogP contribution in [0.4, 0.5) is 0 Å². The van der Waals surface area contributed by atoms with Crippen LogP contribution in [0, 0.1) is 5.92 Å². The van der Waals surface area contributed by atoms with E-state index in [0.717, 1.165) is 27.6 Å². The second-order valence-electron chi connectivity index (χ2n) is 4.52. The van der Waals surface area contributed by atoms with E-state index in [0.29, 0.717) is 12.3 Å². The van der Waals surface area contributed by atoms with Gasteiger partial charge in [-0.05, 0) is 27.9 Å². The fourth-order valence-electron chi connectivity index (χ4n) is 2.51. The molecule has 1 aliphatic rings. The van der Waals surface area contributed by atoms with Crippen molar-refractivity contribution in [3.8, 4) is 0 Å². The van der Waals surface area contributed by atoms with Crippen molar-refractivity contribution in [2.45, 2.75) is 19.9 Å². The van der Waals surface area contributed by atoms with Crippen LogP contribution in [0.25, 0.3) is 10.9 Å². The Morgan fingerprint density at radius 3 is 2.94 bits per heavy atom. The smallest absolute Gasteiger partial charge is 0.180 e. The molecule has 0 saturated heterocycles. The lowest BCUT2D eigenvalue weighted by atomic mass is 9.99. The molecule has 16 heavy (non-hydrogen) atoms. The van der Waals surface area contributed by atoms with Crippen molar-refractivity contribution in [3.05, 3.63) is 34.4 Å². The summed E-state index contributed by atoms with van der Waals surface area (Å²) in [7, 11) is 0. The first-order chi connectivity index (χ1) is 7.68. The van der Waals surface area contributed by atoms with Crippen LogP contribution >= 0.6 is 15.9 Å². The summed E-state index contributed by atoms with van der Waals surface area (Å²) in [6.07, 6.45) is 0.662. The normalized spacial score (nSPS) is 20.1. The van der Waals surface area contributed by atoms with Crippen LogP contribution in [0.1, 0.15) is 23.8 Å². The van der Waals surface area contributed by atoms with E-state index in [9.17, 15) is 4.79 Å². The number of hydrogen-bond acceptors (Lipinski definition) is 1. The van der Waals surface area contributed by atoms with Gasteiger partial charge in [-0.1, -0.05) is 25.1 Å². The van der Waals surface area contributed by atoms with Gasteiger partial charge < -0.3 is 4.57 Å². The first-order valence-corrected chi connectivity index (χ1v) is 6.27. The van der Waals surface area contributed by atoms with E-state index in [4.69, 9.17) is 0 Å². The number of halogens is 1. The Hall–Kier alpha value is -1.09. The van der Waals surface area contributed by atoms with E-state index >= 15 is 0 Å². The molecule has 0 aliphatic carbocycles. The van der Waals surface area contributed by atoms with Gasteiger partial charge in [0.05, 0.1) is 10.2 Å². The van der Waals surface area contributed by atoms with Gasteiger partial charge in [0, 0.05) is 23.9 Å². The number of para-hydroxylation sites is 1. The molecular weight excluding hydrogens is 266 g/mol. The average Bonchev–Trinajstić information content (AvgIpc) is 2.54. The summed E-state index contributed by atoms with van der Waals surface area (Å²) < 4.78 is 3.11. The number of carbonyl (C=O) groups excluding carboxylic acids is 1. The third kappa shape index (κ3) is 1.27. The Labute approximate surface area is 102 Å². The number of ketones is 1. The number of fused-ring (bicyclic) bond motifs is 3. The summed E-state index contributed by atoms with van der Waals surface area (Å²) in [5, 5.41) is 1.14. The Morgan fingerprint density at radius 2 is 2.12 bits per heavy atom. The zero-order valence-electron chi connectivity index (χ0n) is 9.03. The highest BCUT2D eigenvalue weighted by molar-refractivity contribution is 9.10. The van der Waals surface area contributed by atoms with Gasteiger partial charge in [-0.2, -0.15) is 0 Å². The van der Waals surface area contributed by atoms with E-state index in [1.54, 1.807) is 0 Å². The van der Waals surface area contributed by atoms with Gasteiger partial charge in [-0.25, -0.2) is 0 Å². The van der Waals surface area contributed by atoms with E-state index in [1.807, 2.05) is 12.1 Å². The number of Topliss-reactive ketones (excluding diaryl/α,β-unsaturated/α-hetero) is 1. The molecular formula is C13H12BrNO. The van der Waals surface area contributed by atoms with Crippen LogP contribution in [0.2, 0.25) is 0 Å². The minimum absolute atomic E-state index is 0.252. The van der Waals surface area contributed by atoms with Crippen molar-refractivity contribution in [3.63, 3.8) is 0 Å². The van der Waals surface area contributed by atoms with Crippen molar-refractivity contribution >= 4 is 32.6 Å².